The van der Waals surface area contributed by atoms with E-state index in [1.165, 1.54) is 19.1 Å². The highest BCUT2D eigenvalue weighted by atomic mass is 32.1. The monoisotopic (exact) mass is 292 g/mol. The average Bonchev–Trinajstić information content (AvgIpc) is 2.26. The molecule has 0 atom stereocenters. The van der Waals surface area contributed by atoms with Gasteiger partial charge in [0.1, 0.15) is 10.7 Å². The minimum Gasteiger partial charge on any atom is -0.496 e. The lowest BCUT2D eigenvalue weighted by Crippen LogP contribution is -2.30. The van der Waals surface area contributed by atoms with Crippen molar-refractivity contribution >= 4 is 17.2 Å². The van der Waals surface area contributed by atoms with E-state index in [1.54, 1.807) is 18.2 Å². The Hall–Kier alpha value is -1.34. The summed E-state index contributed by atoms with van der Waals surface area (Å²) in [5.41, 5.74) is 6.76. The van der Waals surface area contributed by atoms with Crippen molar-refractivity contribution in [1.82, 2.24) is 4.90 Å². The first-order chi connectivity index (χ1) is 8.73. The minimum absolute atomic E-state index is 0.150. The smallest absolute Gasteiger partial charge is 0.401 e. The van der Waals surface area contributed by atoms with Crippen LogP contribution in [0.3, 0.4) is 0 Å². The van der Waals surface area contributed by atoms with Gasteiger partial charge in [0.2, 0.25) is 0 Å². The first kappa shape index (κ1) is 15.7. The van der Waals surface area contributed by atoms with Crippen molar-refractivity contribution in [3.05, 3.63) is 29.3 Å². The maximum Gasteiger partial charge on any atom is 0.401 e. The molecule has 0 saturated carbocycles. The van der Waals surface area contributed by atoms with Crippen LogP contribution in [0, 0.1) is 0 Å². The van der Waals surface area contributed by atoms with Gasteiger partial charge >= 0.3 is 6.18 Å². The Labute approximate surface area is 115 Å². The van der Waals surface area contributed by atoms with Gasteiger partial charge in [-0.3, -0.25) is 4.90 Å². The third-order valence-corrected chi connectivity index (χ3v) is 2.65. The summed E-state index contributed by atoms with van der Waals surface area (Å²) in [5.74, 6) is 0.509. The molecule has 2 N–H and O–H groups in total. The number of halogens is 3. The zero-order valence-corrected chi connectivity index (χ0v) is 11.4. The molecule has 1 aromatic rings. The van der Waals surface area contributed by atoms with E-state index in [-0.39, 0.29) is 11.5 Å². The van der Waals surface area contributed by atoms with Crippen LogP contribution in [0.25, 0.3) is 0 Å². The van der Waals surface area contributed by atoms with E-state index in [0.29, 0.717) is 16.9 Å². The summed E-state index contributed by atoms with van der Waals surface area (Å²) in [6.45, 7) is -0.819. The van der Waals surface area contributed by atoms with Gasteiger partial charge in [-0.2, -0.15) is 13.2 Å². The molecule has 0 amide bonds. The van der Waals surface area contributed by atoms with Gasteiger partial charge in [0.05, 0.1) is 19.2 Å². The second-order valence-corrected chi connectivity index (χ2v) is 4.63. The number of nitrogens with two attached hydrogens (primary N) is 1. The minimum atomic E-state index is -4.22. The van der Waals surface area contributed by atoms with Crippen LogP contribution in [0.1, 0.15) is 11.1 Å². The molecule has 3 nitrogen and oxygen atoms in total. The van der Waals surface area contributed by atoms with Gasteiger partial charge in [0.25, 0.3) is 0 Å². The maximum atomic E-state index is 12.2. The summed E-state index contributed by atoms with van der Waals surface area (Å²) in [6, 6.07) is 4.98. The molecule has 0 aliphatic heterocycles. The predicted molar refractivity (Wildman–Crippen MR) is 71.3 cm³/mol. The summed E-state index contributed by atoms with van der Waals surface area (Å²) >= 11 is 4.88. The number of thiocarbonyl (C=S) groups is 1. The molecule has 0 saturated heterocycles. The van der Waals surface area contributed by atoms with E-state index in [4.69, 9.17) is 22.7 Å². The molecule has 0 aliphatic rings. The Morgan fingerprint density at radius 3 is 2.53 bits per heavy atom. The molecule has 0 bridgehead atoms. The third kappa shape index (κ3) is 5.04. The lowest BCUT2D eigenvalue weighted by molar-refractivity contribution is -0.144. The highest BCUT2D eigenvalue weighted by molar-refractivity contribution is 7.80. The lowest BCUT2D eigenvalue weighted by atomic mass is 10.1. The second-order valence-electron chi connectivity index (χ2n) is 4.19. The van der Waals surface area contributed by atoms with Crippen LogP contribution in [-0.4, -0.2) is 36.8 Å². The van der Waals surface area contributed by atoms with Gasteiger partial charge in [-0.05, 0) is 24.7 Å². The molecule has 0 aliphatic carbocycles. The highest BCUT2D eigenvalue weighted by Crippen LogP contribution is 2.22. The van der Waals surface area contributed by atoms with E-state index in [1.807, 2.05) is 0 Å². The Morgan fingerprint density at radius 2 is 2.05 bits per heavy atom. The molecule has 106 valence electrons. The normalized spacial score (nSPS) is 11.7. The molecule has 0 unspecified atom stereocenters. The number of alkyl halides is 3. The predicted octanol–water partition coefficient (Wildman–Crippen LogP) is 2.32. The second kappa shape index (κ2) is 6.21. The average molecular weight is 292 g/mol. The van der Waals surface area contributed by atoms with Gasteiger partial charge in [0, 0.05) is 6.54 Å². The van der Waals surface area contributed by atoms with Gasteiger partial charge < -0.3 is 10.5 Å². The van der Waals surface area contributed by atoms with Crippen molar-refractivity contribution < 1.29 is 17.9 Å². The van der Waals surface area contributed by atoms with Gasteiger partial charge in [-0.1, -0.05) is 18.3 Å². The molecule has 1 rings (SSSR count). The van der Waals surface area contributed by atoms with Crippen LogP contribution in [0.15, 0.2) is 18.2 Å². The fourth-order valence-corrected chi connectivity index (χ4v) is 1.88. The van der Waals surface area contributed by atoms with Crippen molar-refractivity contribution in [2.24, 2.45) is 5.73 Å². The number of nitrogens with zero attached hydrogens (tertiary/aromatic N) is 1. The number of ether oxygens (including phenoxy) is 1. The zero-order valence-electron chi connectivity index (χ0n) is 10.6. The Morgan fingerprint density at radius 1 is 1.42 bits per heavy atom. The van der Waals surface area contributed by atoms with Crippen molar-refractivity contribution in [3.8, 4) is 5.75 Å². The summed E-state index contributed by atoms with van der Waals surface area (Å²) in [6.07, 6.45) is -4.22. The lowest BCUT2D eigenvalue weighted by Gasteiger charge is -2.19. The molecule has 0 radical (unpaired) electrons. The highest BCUT2D eigenvalue weighted by Gasteiger charge is 2.29. The van der Waals surface area contributed by atoms with E-state index in [2.05, 4.69) is 0 Å². The van der Waals surface area contributed by atoms with Gasteiger partial charge in [-0.25, -0.2) is 0 Å². The number of hydrogen-bond acceptors (Lipinski definition) is 3. The van der Waals surface area contributed by atoms with E-state index < -0.39 is 12.7 Å². The largest absolute Gasteiger partial charge is 0.496 e. The van der Waals surface area contributed by atoms with Crippen LogP contribution in [0.2, 0.25) is 0 Å². The molecule has 0 heterocycles. The van der Waals surface area contributed by atoms with Gasteiger partial charge in [-0.15, -0.1) is 0 Å². The third-order valence-electron chi connectivity index (χ3n) is 2.43. The molecule has 0 spiro atoms. The van der Waals surface area contributed by atoms with E-state index >= 15 is 0 Å². The Bertz CT molecular complexity index is 463. The molecule has 7 heteroatoms. The summed E-state index contributed by atoms with van der Waals surface area (Å²) in [5, 5.41) is 0. The van der Waals surface area contributed by atoms with Crippen molar-refractivity contribution in [2.75, 3.05) is 20.7 Å². The molecule has 0 fully saturated rings. The Balaban J connectivity index is 2.85. The fraction of sp³-hybridized carbons (Fsp3) is 0.417. The van der Waals surface area contributed by atoms with Crippen LogP contribution >= 0.6 is 12.2 Å². The number of benzene rings is 1. The maximum absolute atomic E-state index is 12.2. The van der Waals surface area contributed by atoms with Crippen LogP contribution < -0.4 is 10.5 Å². The van der Waals surface area contributed by atoms with E-state index in [9.17, 15) is 13.2 Å². The van der Waals surface area contributed by atoms with Crippen molar-refractivity contribution in [3.63, 3.8) is 0 Å². The molecule has 0 aromatic heterocycles. The number of rotatable bonds is 5. The topological polar surface area (TPSA) is 38.5 Å². The van der Waals surface area contributed by atoms with Crippen LogP contribution in [-0.2, 0) is 6.54 Å². The molecule has 19 heavy (non-hydrogen) atoms. The molecular weight excluding hydrogens is 277 g/mol. The standard InChI is InChI=1S/C12H15F3N2OS/c1-17(7-12(13,14)15)6-8-3-4-10(18-2)9(5-8)11(16)19/h3-5H,6-7H2,1-2H3,(H2,16,19). The quantitative estimate of drug-likeness (QED) is 0.845. The zero-order chi connectivity index (χ0) is 14.6. The first-order valence-electron chi connectivity index (χ1n) is 5.45. The van der Waals surface area contributed by atoms with E-state index in [0.717, 1.165) is 0 Å². The number of methoxy groups -OCH3 is 1. The molecule has 1 aromatic carbocycles. The molecular formula is C12H15F3N2OS. The van der Waals surface area contributed by atoms with Crippen LogP contribution in [0.4, 0.5) is 13.2 Å². The summed E-state index contributed by atoms with van der Waals surface area (Å²) in [4.78, 5) is 1.32. The Kier molecular flexibility index (Phi) is 5.13. The fourth-order valence-electron chi connectivity index (χ4n) is 1.72. The number of hydrogen-bond donors (Lipinski definition) is 1. The first-order valence-corrected chi connectivity index (χ1v) is 5.86. The van der Waals surface area contributed by atoms with Crippen molar-refractivity contribution in [1.29, 1.82) is 0 Å². The SMILES string of the molecule is COc1ccc(CN(C)CC(F)(F)F)cc1C(N)=S. The van der Waals surface area contributed by atoms with Crippen molar-refractivity contribution in [2.45, 2.75) is 12.7 Å². The summed E-state index contributed by atoms with van der Waals surface area (Å²) < 4.78 is 41.8. The van der Waals surface area contributed by atoms with Crippen LogP contribution in [0.5, 0.6) is 5.75 Å². The summed E-state index contributed by atoms with van der Waals surface area (Å²) in [7, 11) is 2.88. The van der Waals surface area contributed by atoms with Gasteiger partial charge in [0.15, 0.2) is 0 Å².